The van der Waals surface area contributed by atoms with Crippen LogP contribution in [-0.4, -0.2) is 4.98 Å². The molecule has 0 aliphatic heterocycles. The molecule has 1 heterocycles. The second-order valence-electron chi connectivity index (χ2n) is 3.43. The summed E-state index contributed by atoms with van der Waals surface area (Å²) in [5.74, 6) is -0.690. The third kappa shape index (κ3) is 3.00. The standard InChI is InChI=1S/C12H9BrF2N2/c13-9-5-11(15)12(17-7-9)16-6-8-3-1-2-4-10(8)14/h1-5,7H,6H2,(H,16,17). The highest BCUT2D eigenvalue weighted by Gasteiger charge is 2.05. The first-order valence-corrected chi connectivity index (χ1v) is 5.74. The van der Waals surface area contributed by atoms with Crippen LogP contribution in [0.15, 0.2) is 41.0 Å². The van der Waals surface area contributed by atoms with Gasteiger partial charge in [0, 0.05) is 22.8 Å². The van der Waals surface area contributed by atoms with Crippen molar-refractivity contribution in [2.75, 3.05) is 5.32 Å². The number of aromatic nitrogens is 1. The minimum Gasteiger partial charge on any atom is -0.363 e. The van der Waals surface area contributed by atoms with Crippen molar-refractivity contribution in [1.82, 2.24) is 4.98 Å². The van der Waals surface area contributed by atoms with E-state index in [1.807, 2.05) is 0 Å². The molecule has 17 heavy (non-hydrogen) atoms. The van der Waals surface area contributed by atoms with E-state index in [1.165, 1.54) is 18.3 Å². The Hall–Kier alpha value is -1.49. The van der Waals surface area contributed by atoms with Crippen LogP contribution in [0.1, 0.15) is 5.56 Å². The molecule has 0 saturated heterocycles. The molecule has 88 valence electrons. The number of nitrogens with one attached hydrogen (secondary N) is 1. The number of hydrogen-bond donors (Lipinski definition) is 1. The number of halogens is 3. The number of nitrogens with zero attached hydrogens (tertiary/aromatic N) is 1. The third-order valence-corrected chi connectivity index (χ3v) is 2.65. The van der Waals surface area contributed by atoms with E-state index in [0.29, 0.717) is 10.0 Å². The first-order valence-electron chi connectivity index (χ1n) is 4.95. The maximum Gasteiger partial charge on any atom is 0.166 e. The Morgan fingerprint density at radius 3 is 2.65 bits per heavy atom. The van der Waals surface area contributed by atoms with E-state index in [9.17, 15) is 8.78 Å². The highest BCUT2D eigenvalue weighted by molar-refractivity contribution is 9.10. The normalized spacial score (nSPS) is 10.3. The fourth-order valence-corrected chi connectivity index (χ4v) is 1.67. The van der Waals surface area contributed by atoms with Gasteiger partial charge >= 0.3 is 0 Å². The van der Waals surface area contributed by atoms with Crippen molar-refractivity contribution in [3.05, 3.63) is 58.2 Å². The molecule has 2 aromatic rings. The summed E-state index contributed by atoms with van der Waals surface area (Å²) in [6, 6.07) is 7.64. The highest BCUT2D eigenvalue weighted by Crippen LogP contribution is 2.17. The first kappa shape index (κ1) is 12.0. The predicted molar refractivity (Wildman–Crippen MR) is 65.6 cm³/mol. The van der Waals surface area contributed by atoms with Crippen LogP contribution >= 0.6 is 15.9 Å². The van der Waals surface area contributed by atoms with E-state index >= 15 is 0 Å². The molecule has 2 nitrogen and oxygen atoms in total. The largest absolute Gasteiger partial charge is 0.363 e. The summed E-state index contributed by atoms with van der Waals surface area (Å²) in [6.07, 6.45) is 1.48. The zero-order valence-corrected chi connectivity index (χ0v) is 10.3. The second-order valence-corrected chi connectivity index (χ2v) is 4.34. The summed E-state index contributed by atoms with van der Waals surface area (Å²) < 4.78 is 27.3. The maximum atomic E-state index is 13.4. The predicted octanol–water partition coefficient (Wildman–Crippen LogP) is 3.73. The molecule has 0 aliphatic carbocycles. The number of rotatable bonds is 3. The lowest BCUT2D eigenvalue weighted by atomic mass is 10.2. The molecule has 0 saturated carbocycles. The van der Waals surface area contributed by atoms with E-state index in [2.05, 4.69) is 26.2 Å². The topological polar surface area (TPSA) is 24.9 Å². The number of benzene rings is 1. The highest BCUT2D eigenvalue weighted by atomic mass is 79.9. The molecule has 0 radical (unpaired) electrons. The monoisotopic (exact) mass is 298 g/mol. The van der Waals surface area contributed by atoms with Crippen molar-refractivity contribution in [3.8, 4) is 0 Å². The van der Waals surface area contributed by atoms with Gasteiger partial charge in [-0.05, 0) is 28.1 Å². The van der Waals surface area contributed by atoms with Crippen LogP contribution in [0.25, 0.3) is 0 Å². The zero-order valence-electron chi connectivity index (χ0n) is 8.75. The average molecular weight is 299 g/mol. The Morgan fingerprint density at radius 1 is 1.18 bits per heavy atom. The molecule has 0 fully saturated rings. The number of anilines is 1. The lowest BCUT2D eigenvalue weighted by Gasteiger charge is -2.07. The molecule has 0 amide bonds. The van der Waals surface area contributed by atoms with Gasteiger partial charge < -0.3 is 5.32 Å². The van der Waals surface area contributed by atoms with Gasteiger partial charge in [-0.25, -0.2) is 13.8 Å². The van der Waals surface area contributed by atoms with Gasteiger partial charge in [-0.1, -0.05) is 18.2 Å². The quantitative estimate of drug-likeness (QED) is 0.934. The van der Waals surface area contributed by atoms with Crippen molar-refractivity contribution >= 4 is 21.7 Å². The van der Waals surface area contributed by atoms with Gasteiger partial charge in [0.2, 0.25) is 0 Å². The Kier molecular flexibility index (Phi) is 3.68. The van der Waals surface area contributed by atoms with E-state index < -0.39 is 5.82 Å². The molecule has 0 aliphatic rings. The second kappa shape index (κ2) is 5.23. The lowest BCUT2D eigenvalue weighted by Crippen LogP contribution is -2.05. The van der Waals surface area contributed by atoms with Crippen LogP contribution in [-0.2, 0) is 6.54 Å². The fraction of sp³-hybridized carbons (Fsp3) is 0.0833. The van der Waals surface area contributed by atoms with Gasteiger partial charge in [0.1, 0.15) is 5.82 Å². The van der Waals surface area contributed by atoms with E-state index in [1.54, 1.807) is 18.2 Å². The Labute approximate surface area is 106 Å². The molecule has 0 atom stereocenters. The molecular weight excluding hydrogens is 290 g/mol. The van der Waals surface area contributed by atoms with Gasteiger partial charge in [0.15, 0.2) is 11.6 Å². The smallest absolute Gasteiger partial charge is 0.166 e. The molecule has 2 rings (SSSR count). The summed E-state index contributed by atoms with van der Waals surface area (Å²) in [5, 5.41) is 2.75. The van der Waals surface area contributed by atoms with Crippen molar-refractivity contribution in [2.45, 2.75) is 6.54 Å². The first-order chi connectivity index (χ1) is 8.16. The van der Waals surface area contributed by atoms with Gasteiger partial charge in [0.05, 0.1) is 0 Å². The van der Waals surface area contributed by atoms with Crippen LogP contribution in [0, 0.1) is 11.6 Å². The van der Waals surface area contributed by atoms with Gasteiger partial charge in [0.25, 0.3) is 0 Å². The van der Waals surface area contributed by atoms with Gasteiger partial charge in [-0.3, -0.25) is 0 Å². The van der Waals surface area contributed by atoms with Crippen LogP contribution in [0.4, 0.5) is 14.6 Å². The third-order valence-electron chi connectivity index (χ3n) is 2.21. The Morgan fingerprint density at radius 2 is 1.94 bits per heavy atom. The van der Waals surface area contributed by atoms with Crippen molar-refractivity contribution < 1.29 is 8.78 Å². The van der Waals surface area contributed by atoms with Gasteiger partial charge in [-0.2, -0.15) is 0 Å². The summed E-state index contributed by atoms with van der Waals surface area (Å²) in [4.78, 5) is 3.87. The minimum atomic E-state index is -0.476. The summed E-state index contributed by atoms with van der Waals surface area (Å²) in [5.41, 5.74) is 0.469. The Bertz CT molecular complexity index is 532. The number of pyridine rings is 1. The van der Waals surface area contributed by atoms with Crippen molar-refractivity contribution in [2.24, 2.45) is 0 Å². The van der Waals surface area contributed by atoms with Gasteiger partial charge in [-0.15, -0.1) is 0 Å². The van der Waals surface area contributed by atoms with E-state index in [-0.39, 0.29) is 18.2 Å². The summed E-state index contributed by atoms with van der Waals surface area (Å²) >= 11 is 3.11. The zero-order chi connectivity index (χ0) is 12.3. The SMILES string of the molecule is Fc1ccccc1CNc1ncc(Br)cc1F. The van der Waals surface area contributed by atoms with E-state index in [4.69, 9.17) is 0 Å². The maximum absolute atomic E-state index is 13.4. The van der Waals surface area contributed by atoms with Crippen LogP contribution in [0.3, 0.4) is 0 Å². The fourth-order valence-electron chi connectivity index (χ4n) is 1.37. The summed E-state index contributed by atoms with van der Waals surface area (Å²) in [6.45, 7) is 0.193. The Balaban J connectivity index is 2.10. The van der Waals surface area contributed by atoms with Crippen LogP contribution < -0.4 is 5.32 Å². The van der Waals surface area contributed by atoms with Crippen molar-refractivity contribution in [1.29, 1.82) is 0 Å². The average Bonchev–Trinajstić information content (AvgIpc) is 2.30. The van der Waals surface area contributed by atoms with Crippen molar-refractivity contribution in [3.63, 3.8) is 0 Å². The molecule has 1 aromatic heterocycles. The molecule has 0 bridgehead atoms. The molecule has 0 spiro atoms. The lowest BCUT2D eigenvalue weighted by molar-refractivity contribution is 0.608. The van der Waals surface area contributed by atoms with Crippen LogP contribution in [0.2, 0.25) is 0 Å². The molecule has 0 unspecified atom stereocenters. The van der Waals surface area contributed by atoms with E-state index in [0.717, 1.165) is 0 Å². The molecular formula is C12H9BrF2N2. The van der Waals surface area contributed by atoms with Crippen LogP contribution in [0.5, 0.6) is 0 Å². The molecule has 5 heteroatoms. The molecule has 1 aromatic carbocycles. The molecule has 1 N–H and O–H groups in total. The minimum absolute atomic E-state index is 0.108. The summed E-state index contributed by atoms with van der Waals surface area (Å²) in [7, 11) is 0. The number of hydrogen-bond acceptors (Lipinski definition) is 2.